The van der Waals surface area contributed by atoms with Crippen molar-refractivity contribution in [2.45, 2.75) is 51.3 Å². The molecule has 0 spiro atoms. The lowest BCUT2D eigenvalue weighted by atomic mass is 9.93. The highest BCUT2D eigenvalue weighted by molar-refractivity contribution is 5.94. The Bertz CT molecular complexity index is 1350. The second-order valence-electron chi connectivity index (χ2n) is 9.74. The number of anilines is 1. The normalized spacial score (nSPS) is 19.3. The van der Waals surface area contributed by atoms with Crippen molar-refractivity contribution in [3.8, 4) is 16.9 Å². The zero-order valence-corrected chi connectivity index (χ0v) is 19.2. The molecule has 1 amide bonds. The van der Waals surface area contributed by atoms with Gasteiger partial charge < -0.3 is 4.74 Å². The van der Waals surface area contributed by atoms with Gasteiger partial charge in [-0.15, -0.1) is 10.2 Å². The van der Waals surface area contributed by atoms with Gasteiger partial charge in [0.15, 0.2) is 5.82 Å². The number of pyridine rings is 1. The lowest BCUT2D eigenvalue weighted by Crippen LogP contribution is -2.35. The summed E-state index contributed by atoms with van der Waals surface area (Å²) < 4.78 is 9.02. The second kappa shape index (κ2) is 7.47. The molecule has 0 aliphatic carbocycles. The number of hydrogen-bond acceptors (Lipinski definition) is 7. The molecule has 172 valence electrons. The Hall–Kier alpha value is -4.08. The molecule has 0 saturated carbocycles. The first kappa shape index (κ1) is 20.5. The van der Waals surface area contributed by atoms with E-state index >= 15 is 0 Å². The molecular weight excluding hydrogens is 432 g/mol. The Kier molecular flexibility index (Phi) is 4.51. The van der Waals surface area contributed by atoms with Gasteiger partial charge in [-0.3, -0.25) is 4.90 Å². The minimum Gasteiger partial charge on any atom is -0.442 e. The zero-order chi connectivity index (χ0) is 23.4. The summed E-state index contributed by atoms with van der Waals surface area (Å²) in [5.74, 6) is 0.715. The predicted molar refractivity (Wildman–Crippen MR) is 124 cm³/mol. The van der Waals surface area contributed by atoms with Crippen molar-refractivity contribution >= 4 is 11.8 Å². The average Bonchev–Trinajstić information content (AvgIpc) is 3.60. The van der Waals surface area contributed by atoms with Crippen molar-refractivity contribution < 1.29 is 9.53 Å². The van der Waals surface area contributed by atoms with E-state index in [0.717, 1.165) is 34.5 Å². The van der Waals surface area contributed by atoms with Gasteiger partial charge in [0.25, 0.3) is 0 Å². The Morgan fingerprint density at radius 3 is 2.68 bits per heavy atom. The van der Waals surface area contributed by atoms with Gasteiger partial charge >= 0.3 is 6.09 Å². The standard InChI is InChI=1S/C24H24N8O2/c1-24(2,3)21-14-31(29-27-21)22-7-5-16(12-25-22)15-4-6-18-17(10-15)11-19-20(34-23(33)32(18)19)13-30-9-8-26-28-30/h4-10,12,14,19-20H,11,13H2,1-3H3/t19-,20-/m0/s1. The fourth-order valence-electron chi connectivity index (χ4n) is 4.54. The van der Waals surface area contributed by atoms with Crippen molar-refractivity contribution in [3.63, 3.8) is 0 Å². The molecule has 10 heteroatoms. The minimum absolute atomic E-state index is 0.0493. The Labute approximate surface area is 196 Å². The van der Waals surface area contributed by atoms with E-state index in [-0.39, 0.29) is 23.7 Å². The molecule has 0 unspecified atom stereocenters. The molecular formula is C24H24N8O2. The van der Waals surface area contributed by atoms with E-state index in [1.165, 1.54) is 0 Å². The number of rotatable bonds is 4. The van der Waals surface area contributed by atoms with E-state index in [9.17, 15) is 4.79 Å². The van der Waals surface area contributed by atoms with E-state index in [0.29, 0.717) is 12.4 Å². The van der Waals surface area contributed by atoms with E-state index in [1.807, 2.05) is 36.7 Å². The van der Waals surface area contributed by atoms with Crippen molar-refractivity contribution in [2.75, 3.05) is 4.90 Å². The summed E-state index contributed by atoms with van der Waals surface area (Å²) >= 11 is 0. The van der Waals surface area contributed by atoms with Crippen LogP contribution in [0.15, 0.2) is 55.1 Å². The molecule has 0 bridgehead atoms. The Morgan fingerprint density at radius 2 is 1.97 bits per heavy atom. The number of aromatic nitrogens is 7. The third kappa shape index (κ3) is 3.42. The maximum atomic E-state index is 12.6. The van der Waals surface area contributed by atoms with Gasteiger partial charge in [-0.2, -0.15) is 0 Å². The van der Waals surface area contributed by atoms with Gasteiger partial charge in [-0.25, -0.2) is 19.1 Å². The molecule has 34 heavy (non-hydrogen) atoms. The molecule has 2 aliphatic heterocycles. The summed E-state index contributed by atoms with van der Waals surface area (Å²) in [5, 5.41) is 16.3. The molecule has 3 aromatic heterocycles. The first-order chi connectivity index (χ1) is 16.4. The number of carbonyl (C=O) groups is 1. The minimum atomic E-state index is -0.310. The molecule has 2 aliphatic rings. The van der Waals surface area contributed by atoms with Gasteiger partial charge in [0.2, 0.25) is 0 Å². The highest BCUT2D eigenvalue weighted by atomic mass is 16.6. The molecule has 0 N–H and O–H groups in total. The monoisotopic (exact) mass is 456 g/mol. The van der Waals surface area contributed by atoms with Crippen LogP contribution >= 0.6 is 0 Å². The van der Waals surface area contributed by atoms with Crippen molar-refractivity contribution in [3.05, 3.63) is 66.4 Å². The average molecular weight is 457 g/mol. The third-order valence-corrected chi connectivity index (χ3v) is 6.39. The number of cyclic esters (lactones) is 1. The fraction of sp³-hybridized carbons (Fsp3) is 0.333. The second-order valence-corrected chi connectivity index (χ2v) is 9.74. The van der Waals surface area contributed by atoms with Crippen molar-refractivity contribution in [1.82, 2.24) is 35.0 Å². The van der Waals surface area contributed by atoms with Crippen molar-refractivity contribution in [1.29, 1.82) is 0 Å². The van der Waals surface area contributed by atoms with E-state index < -0.39 is 0 Å². The molecule has 1 aromatic carbocycles. The molecule has 10 nitrogen and oxygen atoms in total. The SMILES string of the molecule is CC(C)(C)c1cn(-c2ccc(-c3ccc4c(c3)C[C@H]3[C@H](Cn5ccnn5)OC(=O)N43)cn2)nn1. The van der Waals surface area contributed by atoms with Gasteiger partial charge in [0.1, 0.15) is 6.10 Å². The number of benzene rings is 1. The highest BCUT2D eigenvalue weighted by Gasteiger charge is 2.47. The van der Waals surface area contributed by atoms with Crippen LogP contribution in [0.25, 0.3) is 16.9 Å². The zero-order valence-electron chi connectivity index (χ0n) is 19.2. The van der Waals surface area contributed by atoms with E-state index in [2.05, 4.69) is 52.4 Å². The predicted octanol–water partition coefficient (Wildman–Crippen LogP) is 3.17. The number of fused-ring (bicyclic) bond motifs is 3. The first-order valence-electron chi connectivity index (χ1n) is 11.2. The van der Waals surface area contributed by atoms with Crippen LogP contribution in [0.2, 0.25) is 0 Å². The molecule has 4 aromatic rings. The first-order valence-corrected chi connectivity index (χ1v) is 11.2. The van der Waals surface area contributed by atoms with Crippen LogP contribution in [0.3, 0.4) is 0 Å². The molecule has 2 atom stereocenters. The summed E-state index contributed by atoms with van der Waals surface area (Å²) in [6.07, 6.45) is 7.30. The lowest BCUT2D eigenvalue weighted by Gasteiger charge is -2.16. The summed E-state index contributed by atoms with van der Waals surface area (Å²) in [6.45, 7) is 6.80. The molecule has 1 saturated heterocycles. The highest BCUT2D eigenvalue weighted by Crippen LogP contribution is 2.40. The summed E-state index contributed by atoms with van der Waals surface area (Å²) in [4.78, 5) is 18.9. The number of nitrogens with zero attached hydrogens (tertiary/aromatic N) is 8. The lowest BCUT2D eigenvalue weighted by molar-refractivity contribution is 0.117. The smallest absolute Gasteiger partial charge is 0.415 e. The number of ether oxygens (including phenoxy) is 1. The van der Waals surface area contributed by atoms with E-state index in [1.54, 1.807) is 26.7 Å². The molecule has 5 heterocycles. The van der Waals surface area contributed by atoms with Crippen LogP contribution in [0.5, 0.6) is 0 Å². The largest absolute Gasteiger partial charge is 0.442 e. The maximum absolute atomic E-state index is 12.6. The van der Waals surface area contributed by atoms with Crippen LogP contribution in [0, 0.1) is 0 Å². The van der Waals surface area contributed by atoms with Gasteiger partial charge in [0.05, 0.1) is 36.4 Å². The van der Waals surface area contributed by atoms with Crippen molar-refractivity contribution in [2.24, 2.45) is 0 Å². The van der Waals surface area contributed by atoms with Gasteiger partial charge in [-0.1, -0.05) is 37.3 Å². The quantitative estimate of drug-likeness (QED) is 0.465. The topological polar surface area (TPSA) is 104 Å². The van der Waals surface area contributed by atoms with Crippen LogP contribution in [0.1, 0.15) is 32.0 Å². The number of hydrogen-bond donors (Lipinski definition) is 0. The summed E-state index contributed by atoms with van der Waals surface area (Å²) in [5.41, 5.74) is 4.92. The fourth-order valence-corrected chi connectivity index (χ4v) is 4.54. The number of amides is 1. The summed E-state index contributed by atoms with van der Waals surface area (Å²) in [6, 6.07) is 10.1. The van der Waals surface area contributed by atoms with Crippen LogP contribution in [-0.2, 0) is 23.1 Å². The molecule has 0 radical (unpaired) electrons. The van der Waals surface area contributed by atoms with Gasteiger partial charge in [0, 0.05) is 23.4 Å². The van der Waals surface area contributed by atoms with Crippen LogP contribution in [0.4, 0.5) is 10.5 Å². The molecule has 1 fully saturated rings. The van der Waals surface area contributed by atoms with Crippen LogP contribution < -0.4 is 4.90 Å². The van der Waals surface area contributed by atoms with Gasteiger partial charge in [-0.05, 0) is 41.8 Å². The van der Waals surface area contributed by atoms with Crippen LogP contribution in [-0.4, -0.2) is 53.2 Å². The summed E-state index contributed by atoms with van der Waals surface area (Å²) in [7, 11) is 0. The number of carbonyl (C=O) groups excluding carboxylic acids is 1. The molecule has 6 rings (SSSR count). The Balaban J connectivity index is 1.23. The maximum Gasteiger partial charge on any atom is 0.415 e. The van der Waals surface area contributed by atoms with E-state index in [4.69, 9.17) is 4.74 Å². The Morgan fingerprint density at radius 1 is 1.12 bits per heavy atom. The third-order valence-electron chi connectivity index (χ3n) is 6.39.